The van der Waals surface area contributed by atoms with Gasteiger partial charge in [0.15, 0.2) is 0 Å². The van der Waals surface area contributed by atoms with Gasteiger partial charge in [-0.15, -0.1) is 0 Å². The molecular weight excluding hydrogens is 242 g/mol. The molecule has 1 unspecified atom stereocenters. The summed E-state index contributed by atoms with van der Waals surface area (Å²) in [5.41, 5.74) is -0.827. The highest BCUT2D eigenvalue weighted by molar-refractivity contribution is 5.78. The monoisotopic (exact) mass is 269 g/mol. The van der Waals surface area contributed by atoms with Crippen molar-refractivity contribution in [3.05, 3.63) is 0 Å². The lowest BCUT2D eigenvalue weighted by molar-refractivity contribution is -0.145. The van der Waals surface area contributed by atoms with E-state index in [9.17, 15) is 9.90 Å². The second-order valence-electron chi connectivity index (χ2n) is 6.29. The number of ether oxygens (including phenoxy) is 1. The van der Waals surface area contributed by atoms with Crippen LogP contribution in [0.5, 0.6) is 0 Å². The van der Waals surface area contributed by atoms with Gasteiger partial charge in [-0.1, -0.05) is 25.7 Å². The van der Waals surface area contributed by atoms with Crippen molar-refractivity contribution >= 4 is 5.97 Å². The fourth-order valence-corrected chi connectivity index (χ4v) is 2.76. The van der Waals surface area contributed by atoms with E-state index in [4.69, 9.17) is 4.74 Å². The Labute approximate surface area is 115 Å². The van der Waals surface area contributed by atoms with E-state index in [1.165, 1.54) is 25.7 Å². The Morgan fingerprint density at radius 1 is 1.21 bits per heavy atom. The Morgan fingerprint density at radius 3 is 2.37 bits per heavy atom. The van der Waals surface area contributed by atoms with Crippen LogP contribution in [0.2, 0.25) is 0 Å². The second kappa shape index (κ2) is 6.71. The zero-order chi connectivity index (χ0) is 13.7. The molecule has 2 aliphatic carbocycles. The van der Waals surface area contributed by atoms with Crippen LogP contribution in [-0.2, 0) is 9.53 Å². The van der Waals surface area contributed by atoms with Crippen molar-refractivity contribution in [2.24, 2.45) is 0 Å². The van der Waals surface area contributed by atoms with Crippen LogP contribution in [0.3, 0.4) is 0 Å². The lowest BCUT2D eigenvalue weighted by atomic mass is 9.98. The SMILES string of the molecule is CC(CCOC1CCCCCC1)(NC1CC1)C(=O)O. The zero-order valence-corrected chi connectivity index (χ0v) is 12.0. The molecule has 0 amide bonds. The van der Waals surface area contributed by atoms with Crippen LogP contribution >= 0.6 is 0 Å². The van der Waals surface area contributed by atoms with Crippen molar-refractivity contribution in [2.45, 2.75) is 82.4 Å². The van der Waals surface area contributed by atoms with Crippen molar-refractivity contribution < 1.29 is 14.6 Å². The highest BCUT2D eigenvalue weighted by Gasteiger charge is 2.38. The van der Waals surface area contributed by atoms with Gasteiger partial charge >= 0.3 is 5.97 Å². The van der Waals surface area contributed by atoms with E-state index in [0.717, 1.165) is 25.7 Å². The summed E-state index contributed by atoms with van der Waals surface area (Å²) in [6.07, 6.45) is 10.5. The summed E-state index contributed by atoms with van der Waals surface area (Å²) < 4.78 is 5.91. The predicted octanol–water partition coefficient (Wildman–Crippen LogP) is 2.71. The molecule has 0 spiro atoms. The Bertz CT molecular complexity index is 296. The van der Waals surface area contributed by atoms with Crippen molar-refractivity contribution in [2.75, 3.05) is 6.61 Å². The minimum Gasteiger partial charge on any atom is -0.480 e. The first-order chi connectivity index (χ1) is 9.10. The molecule has 4 nitrogen and oxygen atoms in total. The maximum absolute atomic E-state index is 11.4. The molecule has 0 heterocycles. The average molecular weight is 269 g/mol. The number of aliphatic carboxylic acids is 1. The third-order valence-electron chi connectivity index (χ3n) is 4.33. The smallest absolute Gasteiger partial charge is 0.323 e. The normalized spacial score (nSPS) is 24.7. The molecule has 2 saturated carbocycles. The predicted molar refractivity (Wildman–Crippen MR) is 74.3 cm³/mol. The Kier molecular flexibility index (Phi) is 5.22. The van der Waals surface area contributed by atoms with Gasteiger partial charge in [0.25, 0.3) is 0 Å². The highest BCUT2D eigenvalue weighted by Crippen LogP contribution is 2.25. The number of hydrogen-bond donors (Lipinski definition) is 2. The largest absolute Gasteiger partial charge is 0.480 e. The molecule has 0 saturated heterocycles. The van der Waals surface area contributed by atoms with Crippen LogP contribution < -0.4 is 5.32 Å². The molecule has 19 heavy (non-hydrogen) atoms. The van der Waals surface area contributed by atoms with Crippen LogP contribution in [0, 0.1) is 0 Å². The van der Waals surface area contributed by atoms with E-state index in [1.54, 1.807) is 6.92 Å². The maximum atomic E-state index is 11.4. The Morgan fingerprint density at radius 2 is 1.84 bits per heavy atom. The van der Waals surface area contributed by atoms with Gasteiger partial charge in [-0.2, -0.15) is 0 Å². The van der Waals surface area contributed by atoms with Crippen LogP contribution in [0.4, 0.5) is 0 Å². The molecule has 4 heteroatoms. The topological polar surface area (TPSA) is 58.6 Å². The fourth-order valence-electron chi connectivity index (χ4n) is 2.76. The van der Waals surface area contributed by atoms with Crippen LogP contribution in [0.25, 0.3) is 0 Å². The summed E-state index contributed by atoms with van der Waals surface area (Å²) in [5, 5.41) is 12.6. The van der Waals surface area contributed by atoms with Gasteiger partial charge in [-0.25, -0.2) is 0 Å². The summed E-state index contributed by atoms with van der Waals surface area (Å²) in [4.78, 5) is 11.4. The van der Waals surface area contributed by atoms with Gasteiger partial charge in [0, 0.05) is 12.6 Å². The Balaban J connectivity index is 1.73. The van der Waals surface area contributed by atoms with Gasteiger partial charge in [0.05, 0.1) is 6.10 Å². The molecular formula is C15H27NO3. The molecule has 0 aromatic rings. The Hall–Kier alpha value is -0.610. The fraction of sp³-hybridized carbons (Fsp3) is 0.933. The number of carbonyl (C=O) groups is 1. The van der Waals surface area contributed by atoms with Crippen molar-refractivity contribution in [3.63, 3.8) is 0 Å². The number of hydrogen-bond acceptors (Lipinski definition) is 3. The summed E-state index contributed by atoms with van der Waals surface area (Å²) in [6, 6.07) is 0.402. The van der Waals surface area contributed by atoms with Gasteiger partial charge in [0.1, 0.15) is 5.54 Å². The first-order valence-electron chi connectivity index (χ1n) is 7.73. The minimum absolute atomic E-state index is 0.349. The quantitative estimate of drug-likeness (QED) is 0.698. The summed E-state index contributed by atoms with van der Waals surface area (Å²) >= 11 is 0. The van der Waals surface area contributed by atoms with Crippen LogP contribution in [-0.4, -0.2) is 35.4 Å². The molecule has 2 aliphatic rings. The number of carboxylic acid groups (broad SMARTS) is 1. The summed E-state index contributed by atoms with van der Waals surface area (Å²) in [7, 11) is 0. The first-order valence-corrected chi connectivity index (χ1v) is 7.73. The molecule has 110 valence electrons. The zero-order valence-electron chi connectivity index (χ0n) is 12.0. The van der Waals surface area contributed by atoms with Crippen LogP contribution in [0.1, 0.15) is 64.7 Å². The molecule has 0 bridgehead atoms. The molecule has 2 fully saturated rings. The number of rotatable bonds is 7. The molecule has 0 aromatic heterocycles. The molecule has 1 atom stereocenters. The van der Waals surface area contributed by atoms with Gasteiger partial charge in [-0.3, -0.25) is 10.1 Å². The van der Waals surface area contributed by atoms with Gasteiger partial charge < -0.3 is 9.84 Å². The third kappa shape index (κ3) is 4.77. The lowest BCUT2D eigenvalue weighted by Gasteiger charge is -2.27. The second-order valence-corrected chi connectivity index (χ2v) is 6.29. The van der Waals surface area contributed by atoms with Crippen LogP contribution in [0.15, 0.2) is 0 Å². The first kappa shape index (κ1) is 14.8. The summed E-state index contributed by atoms with van der Waals surface area (Å²) in [6.45, 7) is 2.33. The average Bonchev–Trinajstić information content (AvgIpc) is 3.16. The lowest BCUT2D eigenvalue weighted by Crippen LogP contribution is -2.51. The van der Waals surface area contributed by atoms with Crippen molar-refractivity contribution in [1.29, 1.82) is 0 Å². The van der Waals surface area contributed by atoms with Crippen molar-refractivity contribution in [3.8, 4) is 0 Å². The molecule has 2 rings (SSSR count). The van der Waals surface area contributed by atoms with E-state index in [2.05, 4.69) is 5.32 Å². The van der Waals surface area contributed by atoms with Gasteiger partial charge in [0.2, 0.25) is 0 Å². The van der Waals surface area contributed by atoms with E-state index in [1.807, 2.05) is 0 Å². The molecule has 0 aliphatic heterocycles. The molecule has 0 aromatic carbocycles. The maximum Gasteiger partial charge on any atom is 0.323 e. The standard InChI is InChI=1S/C15H27NO3/c1-15(14(17)18,16-12-8-9-12)10-11-19-13-6-4-2-3-5-7-13/h12-13,16H,2-11H2,1H3,(H,17,18). The van der Waals surface area contributed by atoms with Crippen molar-refractivity contribution in [1.82, 2.24) is 5.32 Å². The van der Waals surface area contributed by atoms with E-state index in [0.29, 0.717) is 25.2 Å². The highest BCUT2D eigenvalue weighted by atomic mass is 16.5. The summed E-state index contributed by atoms with van der Waals surface area (Å²) in [5.74, 6) is -0.760. The van der Waals surface area contributed by atoms with Gasteiger partial charge in [-0.05, 0) is 39.0 Å². The number of nitrogens with one attached hydrogen (secondary N) is 1. The minimum atomic E-state index is -0.827. The van der Waals surface area contributed by atoms with E-state index < -0.39 is 11.5 Å². The number of carboxylic acids is 1. The molecule has 0 radical (unpaired) electrons. The van der Waals surface area contributed by atoms with E-state index >= 15 is 0 Å². The third-order valence-corrected chi connectivity index (χ3v) is 4.33. The van der Waals surface area contributed by atoms with E-state index in [-0.39, 0.29) is 0 Å². The molecule has 2 N–H and O–H groups in total.